The maximum absolute atomic E-state index is 12.5. The quantitative estimate of drug-likeness (QED) is 0.838. The van der Waals surface area contributed by atoms with E-state index in [4.69, 9.17) is 0 Å². The zero-order valence-corrected chi connectivity index (χ0v) is 15.1. The lowest BCUT2D eigenvalue weighted by molar-refractivity contribution is -0.138. The van der Waals surface area contributed by atoms with Crippen molar-refractivity contribution in [2.45, 2.75) is 57.5 Å². The summed E-state index contributed by atoms with van der Waals surface area (Å²) in [6.07, 6.45) is 4.90. The molecule has 0 spiro atoms. The second-order valence-corrected chi connectivity index (χ2v) is 7.51. The Kier molecular flexibility index (Phi) is 5.43. The van der Waals surface area contributed by atoms with E-state index in [1.54, 1.807) is 16.7 Å². The Morgan fingerprint density at radius 1 is 1.33 bits per heavy atom. The zero-order chi connectivity index (χ0) is 17.1. The Hall–Kier alpha value is -1.57. The van der Waals surface area contributed by atoms with Crippen molar-refractivity contribution in [3.8, 4) is 0 Å². The topological polar surface area (TPSA) is 80.1 Å². The Bertz CT molecular complexity index is 614. The van der Waals surface area contributed by atoms with Gasteiger partial charge in [0, 0.05) is 25.1 Å². The van der Waals surface area contributed by atoms with Crippen LogP contribution in [0.3, 0.4) is 0 Å². The second kappa shape index (κ2) is 7.55. The van der Waals surface area contributed by atoms with Crippen LogP contribution >= 0.6 is 11.8 Å². The normalized spacial score (nSPS) is 20.9. The summed E-state index contributed by atoms with van der Waals surface area (Å²) in [7, 11) is 1.96. The molecule has 1 aliphatic carbocycles. The van der Waals surface area contributed by atoms with Crippen LogP contribution in [0.5, 0.6) is 0 Å². The van der Waals surface area contributed by atoms with Crippen LogP contribution in [-0.2, 0) is 23.2 Å². The van der Waals surface area contributed by atoms with Crippen LogP contribution in [0.25, 0.3) is 0 Å². The number of rotatable bonds is 6. The SMILES string of the molecule is CCCC(=O)N1CSC[C@@H]1C(=O)NCc1nnc(C2CCC2)n1C. The van der Waals surface area contributed by atoms with Gasteiger partial charge in [0.15, 0.2) is 5.82 Å². The molecule has 1 saturated carbocycles. The Balaban J connectivity index is 1.57. The highest BCUT2D eigenvalue weighted by Gasteiger charge is 2.34. The summed E-state index contributed by atoms with van der Waals surface area (Å²) in [5.41, 5.74) is 0. The molecule has 8 heteroatoms. The number of thioether (sulfide) groups is 1. The molecular weight excluding hydrogens is 326 g/mol. The van der Waals surface area contributed by atoms with E-state index >= 15 is 0 Å². The summed E-state index contributed by atoms with van der Waals surface area (Å²) in [6, 6.07) is -0.367. The molecule has 3 rings (SSSR count). The van der Waals surface area contributed by atoms with E-state index in [0.717, 1.165) is 18.1 Å². The third kappa shape index (κ3) is 3.43. The van der Waals surface area contributed by atoms with E-state index in [1.165, 1.54) is 19.3 Å². The molecule has 2 heterocycles. The number of aromatic nitrogens is 3. The van der Waals surface area contributed by atoms with Crippen LogP contribution in [0.15, 0.2) is 0 Å². The molecule has 2 aliphatic rings. The molecule has 1 aliphatic heterocycles. The Morgan fingerprint density at radius 3 is 2.79 bits per heavy atom. The summed E-state index contributed by atoms with van der Waals surface area (Å²) in [4.78, 5) is 26.3. The maximum atomic E-state index is 12.5. The van der Waals surface area contributed by atoms with Crippen molar-refractivity contribution in [3.05, 3.63) is 11.6 Å². The lowest BCUT2D eigenvalue weighted by Gasteiger charge is -2.24. The van der Waals surface area contributed by atoms with Crippen molar-refractivity contribution in [1.29, 1.82) is 0 Å². The van der Waals surface area contributed by atoms with Crippen molar-refractivity contribution in [1.82, 2.24) is 25.0 Å². The molecule has 24 heavy (non-hydrogen) atoms. The molecule has 0 radical (unpaired) electrons. The van der Waals surface area contributed by atoms with Gasteiger partial charge in [0.2, 0.25) is 11.8 Å². The highest BCUT2D eigenvalue weighted by Crippen LogP contribution is 2.35. The van der Waals surface area contributed by atoms with Gasteiger partial charge < -0.3 is 14.8 Å². The van der Waals surface area contributed by atoms with Crippen LogP contribution in [0.4, 0.5) is 0 Å². The molecule has 7 nitrogen and oxygen atoms in total. The monoisotopic (exact) mass is 351 g/mol. The molecule has 0 aromatic carbocycles. The van der Waals surface area contributed by atoms with Gasteiger partial charge in [0.1, 0.15) is 11.9 Å². The fraction of sp³-hybridized carbons (Fsp3) is 0.750. The fourth-order valence-corrected chi connectivity index (χ4v) is 4.28. The van der Waals surface area contributed by atoms with Crippen LogP contribution < -0.4 is 5.32 Å². The summed E-state index contributed by atoms with van der Waals surface area (Å²) < 4.78 is 1.99. The molecule has 1 aromatic heterocycles. The first-order valence-electron chi connectivity index (χ1n) is 8.65. The first kappa shape index (κ1) is 17.3. The van der Waals surface area contributed by atoms with Crippen LogP contribution in [0.1, 0.15) is 56.6 Å². The van der Waals surface area contributed by atoms with E-state index < -0.39 is 0 Å². The lowest BCUT2D eigenvalue weighted by atomic mass is 9.85. The highest BCUT2D eigenvalue weighted by atomic mass is 32.2. The number of hydrogen-bond donors (Lipinski definition) is 1. The van der Waals surface area contributed by atoms with Gasteiger partial charge in [0.05, 0.1) is 12.4 Å². The average Bonchev–Trinajstić information content (AvgIpc) is 3.12. The average molecular weight is 351 g/mol. The minimum atomic E-state index is -0.367. The molecule has 1 aromatic rings. The summed E-state index contributed by atoms with van der Waals surface area (Å²) >= 11 is 1.63. The van der Waals surface area contributed by atoms with E-state index in [-0.39, 0.29) is 17.9 Å². The molecule has 132 valence electrons. The van der Waals surface area contributed by atoms with Gasteiger partial charge in [-0.1, -0.05) is 13.3 Å². The van der Waals surface area contributed by atoms with Gasteiger partial charge >= 0.3 is 0 Å². The van der Waals surface area contributed by atoms with E-state index in [9.17, 15) is 9.59 Å². The molecule has 0 bridgehead atoms. The van der Waals surface area contributed by atoms with E-state index in [0.29, 0.717) is 30.5 Å². The fourth-order valence-electron chi connectivity index (χ4n) is 3.10. The number of carbonyl (C=O) groups is 2. The van der Waals surface area contributed by atoms with Gasteiger partial charge in [-0.05, 0) is 19.3 Å². The minimum absolute atomic E-state index is 0.0635. The van der Waals surface area contributed by atoms with Crippen molar-refractivity contribution in [3.63, 3.8) is 0 Å². The zero-order valence-electron chi connectivity index (χ0n) is 14.3. The molecule has 0 unspecified atom stereocenters. The number of nitrogens with zero attached hydrogens (tertiary/aromatic N) is 4. The Morgan fingerprint density at radius 2 is 2.12 bits per heavy atom. The molecule has 2 fully saturated rings. The van der Waals surface area contributed by atoms with Crippen molar-refractivity contribution in [2.75, 3.05) is 11.6 Å². The first-order chi connectivity index (χ1) is 11.6. The van der Waals surface area contributed by atoms with Crippen LogP contribution in [0.2, 0.25) is 0 Å². The summed E-state index contributed by atoms with van der Waals surface area (Å²) in [6.45, 7) is 2.33. The number of carbonyl (C=O) groups excluding carboxylic acids is 2. The molecular formula is C16H25N5O2S. The van der Waals surface area contributed by atoms with E-state index in [2.05, 4.69) is 15.5 Å². The predicted molar refractivity (Wildman–Crippen MR) is 92.3 cm³/mol. The number of hydrogen-bond acceptors (Lipinski definition) is 5. The molecule has 1 saturated heterocycles. The maximum Gasteiger partial charge on any atom is 0.244 e. The Labute approximate surface area is 146 Å². The van der Waals surface area contributed by atoms with Crippen LogP contribution in [-0.4, -0.2) is 49.2 Å². The van der Waals surface area contributed by atoms with Gasteiger partial charge in [-0.2, -0.15) is 0 Å². The number of amides is 2. The van der Waals surface area contributed by atoms with Crippen molar-refractivity contribution < 1.29 is 9.59 Å². The highest BCUT2D eigenvalue weighted by molar-refractivity contribution is 7.99. The predicted octanol–water partition coefficient (Wildman–Crippen LogP) is 1.40. The van der Waals surface area contributed by atoms with Crippen molar-refractivity contribution >= 4 is 23.6 Å². The standard InChI is InChI=1S/C16H25N5O2S/c1-3-5-14(22)21-10-24-9-12(21)16(23)17-8-13-18-19-15(20(13)2)11-6-4-7-11/h11-12H,3-10H2,1-2H3,(H,17,23)/t12-/m1/s1. The smallest absolute Gasteiger partial charge is 0.244 e. The van der Waals surface area contributed by atoms with Gasteiger partial charge in [-0.15, -0.1) is 22.0 Å². The summed E-state index contributed by atoms with van der Waals surface area (Å²) in [5.74, 6) is 3.52. The van der Waals surface area contributed by atoms with Crippen molar-refractivity contribution in [2.24, 2.45) is 7.05 Å². The lowest BCUT2D eigenvalue weighted by Crippen LogP contribution is -2.47. The second-order valence-electron chi connectivity index (χ2n) is 6.51. The molecule has 1 N–H and O–H groups in total. The molecule has 1 atom stereocenters. The summed E-state index contributed by atoms with van der Waals surface area (Å²) in [5, 5.41) is 11.4. The van der Waals surface area contributed by atoms with E-state index in [1.807, 2.05) is 18.5 Å². The minimum Gasteiger partial charge on any atom is -0.347 e. The molecule has 2 amide bonds. The van der Waals surface area contributed by atoms with Gasteiger partial charge in [-0.25, -0.2) is 0 Å². The largest absolute Gasteiger partial charge is 0.347 e. The van der Waals surface area contributed by atoms with Gasteiger partial charge in [0.25, 0.3) is 0 Å². The first-order valence-corrected chi connectivity index (χ1v) is 9.80. The third-order valence-electron chi connectivity index (χ3n) is 4.86. The van der Waals surface area contributed by atoms with Crippen LogP contribution in [0, 0.1) is 0 Å². The third-order valence-corrected chi connectivity index (χ3v) is 5.87. The number of nitrogens with one attached hydrogen (secondary N) is 1. The van der Waals surface area contributed by atoms with Gasteiger partial charge in [-0.3, -0.25) is 9.59 Å².